The van der Waals surface area contributed by atoms with Gasteiger partial charge in [-0.15, -0.1) is 0 Å². The van der Waals surface area contributed by atoms with Crippen LogP contribution in [0.15, 0.2) is 122 Å². The van der Waals surface area contributed by atoms with Crippen molar-refractivity contribution in [3.8, 4) is 33.4 Å². The van der Waals surface area contributed by atoms with E-state index in [9.17, 15) is 0 Å². The second kappa shape index (κ2) is 11.9. The fourth-order valence-corrected chi connectivity index (χ4v) is 12.7. The zero-order chi connectivity index (χ0) is 39.0. The summed E-state index contributed by atoms with van der Waals surface area (Å²) in [5, 5.41) is 0. The predicted molar refractivity (Wildman–Crippen MR) is 236 cm³/mol. The van der Waals surface area contributed by atoms with Gasteiger partial charge in [-0.25, -0.2) is 0 Å². The van der Waals surface area contributed by atoms with Gasteiger partial charge in [0.05, 0.1) is 11.1 Å². The molecule has 57 heavy (non-hydrogen) atoms. The van der Waals surface area contributed by atoms with Gasteiger partial charge >= 0.3 is 0 Å². The summed E-state index contributed by atoms with van der Waals surface area (Å²) in [6.07, 6.45) is 17.7. The molecule has 0 radical (unpaired) electrons. The van der Waals surface area contributed by atoms with Gasteiger partial charge in [0.1, 0.15) is 0 Å². The van der Waals surface area contributed by atoms with E-state index in [1.165, 1.54) is 130 Å². The second-order valence-electron chi connectivity index (χ2n) is 19.3. The van der Waals surface area contributed by atoms with Gasteiger partial charge in [-0.2, -0.15) is 0 Å². The molecule has 2 fully saturated rings. The highest BCUT2D eigenvalue weighted by molar-refractivity contribution is 5.88. The van der Waals surface area contributed by atoms with Crippen LogP contribution in [0.3, 0.4) is 0 Å². The highest BCUT2D eigenvalue weighted by atomic mass is 15.3. The van der Waals surface area contributed by atoms with Crippen LogP contribution < -0.4 is 9.80 Å². The Labute approximate surface area is 339 Å². The molecule has 4 unspecified atom stereocenters. The summed E-state index contributed by atoms with van der Waals surface area (Å²) < 4.78 is 0. The highest BCUT2D eigenvalue weighted by Crippen LogP contribution is 2.63. The summed E-state index contributed by atoms with van der Waals surface area (Å²) in [6, 6.07) is 37.9. The predicted octanol–water partition coefficient (Wildman–Crippen LogP) is 13.6. The Morgan fingerprint density at radius 2 is 0.754 bits per heavy atom. The van der Waals surface area contributed by atoms with Gasteiger partial charge in [0, 0.05) is 63.8 Å². The van der Waals surface area contributed by atoms with Crippen molar-refractivity contribution in [3.05, 3.63) is 144 Å². The van der Waals surface area contributed by atoms with Crippen LogP contribution >= 0.6 is 0 Å². The number of anilines is 4. The average molecular weight is 747 g/mol. The van der Waals surface area contributed by atoms with Crippen molar-refractivity contribution in [2.45, 2.75) is 120 Å². The zero-order valence-electron chi connectivity index (χ0n) is 34.5. The van der Waals surface area contributed by atoms with E-state index in [-0.39, 0.29) is 27.3 Å². The van der Waals surface area contributed by atoms with Gasteiger partial charge in [-0.3, -0.25) is 9.97 Å². The molecular weight excluding hydrogens is 693 g/mol. The first kappa shape index (κ1) is 35.0. The zero-order valence-corrected chi connectivity index (χ0v) is 34.5. The molecule has 4 aromatic carbocycles. The minimum atomic E-state index is -0.123. The normalized spacial score (nSPS) is 27.6. The molecule has 4 atom stereocenters. The molecule has 0 bridgehead atoms. The van der Waals surface area contributed by atoms with E-state index in [0.29, 0.717) is 0 Å². The molecule has 3 aliphatic carbocycles. The van der Waals surface area contributed by atoms with E-state index in [1.54, 1.807) is 0 Å². The Hall–Kier alpha value is -5.22. The number of aromatic nitrogens is 2. The third kappa shape index (κ3) is 4.56. The third-order valence-corrected chi connectivity index (χ3v) is 16.4. The van der Waals surface area contributed by atoms with Gasteiger partial charge in [0.25, 0.3) is 0 Å². The molecule has 0 N–H and O–H groups in total. The first-order valence-electron chi connectivity index (χ1n) is 21.5. The molecular formula is C53H54N4. The lowest BCUT2D eigenvalue weighted by Gasteiger charge is -2.50. The highest BCUT2D eigenvalue weighted by Gasteiger charge is 2.59. The fourth-order valence-electron chi connectivity index (χ4n) is 12.7. The Kier molecular flexibility index (Phi) is 7.31. The summed E-state index contributed by atoms with van der Waals surface area (Å²) in [5.41, 5.74) is 19.1. The molecule has 0 saturated heterocycles. The molecule has 11 rings (SSSR count). The number of hydrogen-bond donors (Lipinski definition) is 0. The van der Waals surface area contributed by atoms with E-state index in [2.05, 4.69) is 158 Å². The maximum Gasteiger partial charge on any atom is 0.0517 e. The van der Waals surface area contributed by atoms with E-state index in [4.69, 9.17) is 0 Å². The van der Waals surface area contributed by atoms with Crippen LogP contribution in [-0.4, -0.2) is 21.0 Å². The van der Waals surface area contributed by atoms with Crippen molar-refractivity contribution in [1.82, 2.24) is 9.97 Å². The molecule has 0 amide bonds. The van der Waals surface area contributed by atoms with Crippen molar-refractivity contribution < 1.29 is 0 Å². The molecule has 4 heteroatoms. The van der Waals surface area contributed by atoms with Crippen molar-refractivity contribution in [2.24, 2.45) is 0 Å². The number of rotatable bonds is 4. The van der Waals surface area contributed by atoms with Gasteiger partial charge in [0.2, 0.25) is 0 Å². The molecule has 0 spiro atoms. The van der Waals surface area contributed by atoms with Crippen LogP contribution in [0.25, 0.3) is 33.4 Å². The first-order chi connectivity index (χ1) is 27.5. The van der Waals surface area contributed by atoms with Crippen molar-refractivity contribution >= 4 is 22.7 Å². The summed E-state index contributed by atoms with van der Waals surface area (Å²) in [6.45, 7) is 14.9. The van der Waals surface area contributed by atoms with Gasteiger partial charge in [-0.05, 0) is 156 Å². The monoisotopic (exact) mass is 746 g/mol. The summed E-state index contributed by atoms with van der Waals surface area (Å²) >= 11 is 0. The number of nitrogens with zero attached hydrogens (tertiary/aromatic N) is 4. The molecule has 4 nitrogen and oxygen atoms in total. The van der Waals surface area contributed by atoms with Gasteiger partial charge in [-0.1, -0.05) is 89.8 Å². The number of hydrogen-bond acceptors (Lipinski definition) is 4. The lowest BCUT2D eigenvalue weighted by Crippen LogP contribution is -2.54. The van der Waals surface area contributed by atoms with E-state index in [0.717, 1.165) is 0 Å². The third-order valence-electron chi connectivity index (χ3n) is 16.4. The molecule has 4 heterocycles. The molecule has 6 aromatic rings. The van der Waals surface area contributed by atoms with Crippen LogP contribution in [0.4, 0.5) is 22.7 Å². The lowest BCUT2D eigenvalue weighted by atomic mass is 9.61. The Morgan fingerprint density at radius 1 is 0.404 bits per heavy atom. The molecule has 2 aromatic heterocycles. The summed E-state index contributed by atoms with van der Waals surface area (Å²) in [5.74, 6) is 0. The maximum absolute atomic E-state index is 4.36. The van der Waals surface area contributed by atoms with Crippen molar-refractivity contribution in [2.75, 3.05) is 9.80 Å². The van der Waals surface area contributed by atoms with E-state index < -0.39 is 0 Å². The van der Waals surface area contributed by atoms with Crippen LogP contribution in [0.5, 0.6) is 0 Å². The van der Waals surface area contributed by atoms with Crippen LogP contribution in [-0.2, 0) is 16.2 Å². The molecule has 2 saturated carbocycles. The van der Waals surface area contributed by atoms with Crippen LogP contribution in [0, 0.1) is 0 Å². The molecule has 2 aliphatic heterocycles. The lowest BCUT2D eigenvalue weighted by molar-refractivity contribution is 0.195. The average Bonchev–Trinajstić information content (AvgIpc) is 3.69. The van der Waals surface area contributed by atoms with Crippen molar-refractivity contribution in [1.29, 1.82) is 0 Å². The van der Waals surface area contributed by atoms with Gasteiger partial charge < -0.3 is 9.80 Å². The number of pyridine rings is 2. The van der Waals surface area contributed by atoms with Crippen molar-refractivity contribution in [3.63, 3.8) is 0 Å². The maximum atomic E-state index is 4.36. The van der Waals surface area contributed by atoms with Gasteiger partial charge in [0.15, 0.2) is 0 Å². The van der Waals surface area contributed by atoms with Crippen LogP contribution in [0.1, 0.15) is 115 Å². The Balaban J connectivity index is 0.961. The quantitative estimate of drug-likeness (QED) is 0.180. The number of benzene rings is 4. The topological polar surface area (TPSA) is 32.3 Å². The van der Waals surface area contributed by atoms with Crippen LogP contribution in [0.2, 0.25) is 0 Å². The SMILES string of the molecule is CC1(C)c2cc(-c3ccc4c(c3)C3(C)CCCCC3(C)N4c3ccncc3)ccc2-c2ccc(-c3ccc4c(c3)C3(C)CCCCC3(C)N4c3ccncc3)cc21. The first-order valence-corrected chi connectivity index (χ1v) is 21.5. The smallest absolute Gasteiger partial charge is 0.0517 e. The standard InChI is InChI=1S/C53H54N4/c1-49(2)43-31-35(37-13-17-47-45(33-37)50(3)23-7-9-25-52(50,5)56(47)39-19-27-54-28-20-39)11-15-41(43)42-16-12-36(32-44(42)49)38-14-18-48-46(34-38)51(4)24-8-10-26-53(51,6)57(48)40-21-29-55-30-22-40/h11-22,27-34H,7-10,23-26H2,1-6H3. The fraction of sp³-hybridized carbons (Fsp3) is 0.358. The Morgan fingerprint density at radius 3 is 1.16 bits per heavy atom. The Bertz CT molecular complexity index is 2420. The molecule has 5 aliphatic rings. The molecule has 286 valence electrons. The van der Waals surface area contributed by atoms with E-state index in [1.807, 2.05) is 24.8 Å². The largest absolute Gasteiger partial charge is 0.334 e. The summed E-state index contributed by atoms with van der Waals surface area (Å²) in [7, 11) is 0. The number of fused-ring (bicyclic) bond motifs is 9. The minimum absolute atomic E-state index is 0.0262. The minimum Gasteiger partial charge on any atom is -0.334 e. The van der Waals surface area contributed by atoms with E-state index >= 15 is 0 Å². The second-order valence-corrected chi connectivity index (χ2v) is 19.3. The summed E-state index contributed by atoms with van der Waals surface area (Å²) in [4.78, 5) is 14.0.